The molecule has 0 saturated heterocycles. The molecule has 2 aromatic heterocycles. The van der Waals surface area contributed by atoms with Crippen molar-refractivity contribution in [2.75, 3.05) is 23.5 Å². The molecule has 4 rings (SSSR count). The third-order valence-electron chi connectivity index (χ3n) is 5.05. The SMILES string of the molecule is COc1ccc(C(=O)c2[nH]c(Nc3cc(C)ccn3)c(C(=S)Nc3ccccc3)c2N)cc1. The number of anilines is 4. The van der Waals surface area contributed by atoms with Crippen LogP contribution in [0.1, 0.15) is 27.2 Å². The summed E-state index contributed by atoms with van der Waals surface area (Å²) in [5, 5.41) is 6.41. The number of benzene rings is 2. The molecule has 5 N–H and O–H groups in total. The van der Waals surface area contributed by atoms with Crippen molar-refractivity contribution < 1.29 is 9.53 Å². The number of pyridine rings is 1. The molecule has 0 aliphatic heterocycles. The Balaban J connectivity index is 1.74. The van der Waals surface area contributed by atoms with E-state index in [4.69, 9.17) is 22.7 Å². The van der Waals surface area contributed by atoms with E-state index < -0.39 is 0 Å². The van der Waals surface area contributed by atoms with Crippen LogP contribution < -0.4 is 21.1 Å². The van der Waals surface area contributed by atoms with Gasteiger partial charge in [-0.3, -0.25) is 4.79 Å². The molecule has 33 heavy (non-hydrogen) atoms. The first-order chi connectivity index (χ1) is 16.0. The Bertz CT molecular complexity index is 1300. The van der Waals surface area contributed by atoms with E-state index in [1.165, 1.54) is 0 Å². The largest absolute Gasteiger partial charge is 0.497 e. The molecule has 0 atom stereocenters. The Kier molecular flexibility index (Phi) is 6.37. The minimum atomic E-state index is -0.260. The molecule has 0 saturated carbocycles. The van der Waals surface area contributed by atoms with E-state index in [0.717, 1.165) is 11.3 Å². The minimum Gasteiger partial charge on any atom is -0.497 e. The predicted molar refractivity (Wildman–Crippen MR) is 136 cm³/mol. The number of methoxy groups -OCH3 is 1. The number of ether oxygens (including phenoxy) is 1. The molecule has 0 fully saturated rings. The van der Waals surface area contributed by atoms with E-state index >= 15 is 0 Å². The van der Waals surface area contributed by atoms with Crippen LogP contribution in [0.2, 0.25) is 0 Å². The Morgan fingerprint density at radius 2 is 1.82 bits per heavy atom. The maximum Gasteiger partial charge on any atom is 0.211 e. The van der Waals surface area contributed by atoms with Crippen molar-refractivity contribution in [3.05, 3.63) is 95.3 Å². The molecule has 0 aliphatic rings. The molecule has 0 radical (unpaired) electrons. The van der Waals surface area contributed by atoms with Crippen LogP contribution in [0, 0.1) is 6.92 Å². The van der Waals surface area contributed by atoms with E-state index in [1.807, 2.05) is 49.4 Å². The van der Waals surface area contributed by atoms with Crippen molar-refractivity contribution in [2.24, 2.45) is 0 Å². The number of carbonyl (C=O) groups excluding carboxylic acids is 1. The zero-order valence-corrected chi connectivity index (χ0v) is 19.0. The molecule has 0 bridgehead atoms. The fourth-order valence-electron chi connectivity index (χ4n) is 3.36. The molecule has 0 unspecified atom stereocenters. The van der Waals surface area contributed by atoms with Crippen molar-refractivity contribution in [1.29, 1.82) is 0 Å². The molecular formula is C25H23N5O2S. The highest BCUT2D eigenvalue weighted by molar-refractivity contribution is 7.81. The molecule has 0 aliphatic carbocycles. The van der Waals surface area contributed by atoms with Gasteiger partial charge in [0, 0.05) is 17.4 Å². The average Bonchev–Trinajstić information content (AvgIpc) is 3.15. The van der Waals surface area contributed by atoms with Crippen LogP contribution in [0.4, 0.5) is 23.0 Å². The maximum absolute atomic E-state index is 13.3. The molecule has 166 valence electrons. The number of rotatable bonds is 7. The van der Waals surface area contributed by atoms with Gasteiger partial charge in [0.1, 0.15) is 28.1 Å². The van der Waals surface area contributed by atoms with E-state index in [0.29, 0.717) is 33.5 Å². The van der Waals surface area contributed by atoms with Crippen LogP contribution in [-0.2, 0) is 0 Å². The summed E-state index contributed by atoms with van der Waals surface area (Å²) < 4.78 is 5.18. The van der Waals surface area contributed by atoms with Gasteiger partial charge in [-0.25, -0.2) is 4.98 Å². The number of hydrogen-bond acceptors (Lipinski definition) is 6. The fraction of sp³-hybridized carbons (Fsp3) is 0.0800. The second kappa shape index (κ2) is 9.54. The van der Waals surface area contributed by atoms with Gasteiger partial charge in [0.2, 0.25) is 5.78 Å². The number of carbonyl (C=O) groups is 1. The Morgan fingerprint density at radius 1 is 1.09 bits per heavy atom. The van der Waals surface area contributed by atoms with E-state index in [9.17, 15) is 4.79 Å². The summed E-state index contributed by atoms with van der Waals surface area (Å²) in [6.07, 6.45) is 1.70. The lowest BCUT2D eigenvalue weighted by atomic mass is 10.1. The molecular weight excluding hydrogens is 434 g/mol. The number of nitrogens with one attached hydrogen (secondary N) is 3. The quantitative estimate of drug-likeness (QED) is 0.227. The number of thiocarbonyl (C=S) groups is 1. The molecule has 0 amide bonds. The Hall–Kier alpha value is -4.17. The molecule has 2 heterocycles. The number of aromatic nitrogens is 2. The summed E-state index contributed by atoms with van der Waals surface area (Å²) in [7, 11) is 1.57. The molecule has 8 heteroatoms. The molecule has 2 aromatic carbocycles. The first-order valence-corrected chi connectivity index (χ1v) is 10.6. The maximum atomic E-state index is 13.3. The summed E-state index contributed by atoms with van der Waals surface area (Å²) >= 11 is 5.67. The topological polar surface area (TPSA) is 105 Å². The third-order valence-corrected chi connectivity index (χ3v) is 5.35. The number of ketones is 1. The standard InChI is InChI=1S/C25H23N5O2S/c1-15-12-13-27-19(14-15)29-24-20(25(33)28-17-6-4-3-5-7-17)21(26)22(30-24)23(31)16-8-10-18(32-2)11-9-16/h3-14,30H,26H2,1-2H3,(H,27,29)(H,28,33). The van der Waals surface area contributed by atoms with Crippen molar-refractivity contribution in [2.45, 2.75) is 6.92 Å². The number of hydrogen-bond donors (Lipinski definition) is 4. The van der Waals surface area contributed by atoms with Gasteiger partial charge in [0.05, 0.1) is 18.4 Å². The summed E-state index contributed by atoms with van der Waals surface area (Å²) in [6.45, 7) is 1.97. The second-order valence-electron chi connectivity index (χ2n) is 7.38. The highest BCUT2D eigenvalue weighted by Crippen LogP contribution is 2.31. The van der Waals surface area contributed by atoms with Crippen LogP contribution in [0.15, 0.2) is 72.9 Å². The van der Waals surface area contributed by atoms with Gasteiger partial charge in [0.25, 0.3) is 0 Å². The number of aromatic amines is 1. The first kappa shape index (κ1) is 22.0. The van der Waals surface area contributed by atoms with Crippen molar-refractivity contribution in [3.63, 3.8) is 0 Å². The van der Waals surface area contributed by atoms with Gasteiger partial charge < -0.3 is 26.1 Å². The molecule has 0 spiro atoms. The van der Waals surface area contributed by atoms with Crippen LogP contribution in [0.25, 0.3) is 0 Å². The van der Waals surface area contributed by atoms with E-state index in [1.54, 1.807) is 37.6 Å². The Morgan fingerprint density at radius 3 is 2.48 bits per heavy atom. The summed E-state index contributed by atoms with van der Waals surface area (Å²) in [5.74, 6) is 1.48. The van der Waals surface area contributed by atoms with E-state index in [-0.39, 0.29) is 17.2 Å². The highest BCUT2D eigenvalue weighted by Gasteiger charge is 2.24. The smallest absolute Gasteiger partial charge is 0.211 e. The Labute approximate surface area is 197 Å². The number of para-hydroxylation sites is 1. The third kappa shape index (κ3) is 4.86. The van der Waals surface area contributed by atoms with Crippen LogP contribution in [0.3, 0.4) is 0 Å². The minimum absolute atomic E-state index is 0.238. The summed E-state index contributed by atoms with van der Waals surface area (Å²) in [6, 6.07) is 20.1. The van der Waals surface area contributed by atoms with Gasteiger partial charge in [-0.15, -0.1) is 0 Å². The zero-order chi connectivity index (χ0) is 23.4. The molecule has 4 aromatic rings. The molecule has 7 nitrogen and oxygen atoms in total. The lowest BCUT2D eigenvalue weighted by Crippen LogP contribution is -2.14. The van der Waals surface area contributed by atoms with Crippen LogP contribution in [0.5, 0.6) is 5.75 Å². The predicted octanol–water partition coefficient (Wildman–Crippen LogP) is 5.07. The first-order valence-electron chi connectivity index (χ1n) is 10.2. The zero-order valence-electron chi connectivity index (χ0n) is 18.2. The van der Waals surface area contributed by atoms with E-state index in [2.05, 4.69) is 20.6 Å². The van der Waals surface area contributed by atoms with Crippen molar-refractivity contribution in [1.82, 2.24) is 9.97 Å². The van der Waals surface area contributed by atoms with Crippen LogP contribution >= 0.6 is 12.2 Å². The fourth-order valence-corrected chi connectivity index (χ4v) is 3.69. The summed E-state index contributed by atoms with van der Waals surface area (Å²) in [4.78, 5) is 21.1. The lowest BCUT2D eigenvalue weighted by Gasteiger charge is -2.11. The second-order valence-corrected chi connectivity index (χ2v) is 7.79. The monoisotopic (exact) mass is 457 g/mol. The van der Waals surface area contributed by atoms with Crippen LogP contribution in [-0.4, -0.2) is 27.8 Å². The summed E-state index contributed by atoms with van der Waals surface area (Å²) in [5.41, 5.74) is 9.77. The van der Waals surface area contributed by atoms with Gasteiger partial charge in [0.15, 0.2) is 0 Å². The van der Waals surface area contributed by atoms with Gasteiger partial charge in [-0.05, 0) is 61.0 Å². The van der Waals surface area contributed by atoms with Crippen molar-refractivity contribution >= 4 is 46.0 Å². The van der Waals surface area contributed by atoms with Gasteiger partial charge >= 0.3 is 0 Å². The van der Waals surface area contributed by atoms with Gasteiger partial charge in [-0.1, -0.05) is 30.4 Å². The number of nitrogens with two attached hydrogens (primary N) is 1. The number of nitrogen functional groups attached to an aromatic ring is 1. The highest BCUT2D eigenvalue weighted by atomic mass is 32.1. The lowest BCUT2D eigenvalue weighted by molar-refractivity contribution is 0.103. The normalized spacial score (nSPS) is 10.5. The number of H-pyrrole nitrogens is 1. The number of aryl methyl sites for hydroxylation is 1. The average molecular weight is 458 g/mol. The number of nitrogens with zero attached hydrogens (tertiary/aromatic N) is 1. The van der Waals surface area contributed by atoms with Gasteiger partial charge in [-0.2, -0.15) is 0 Å². The van der Waals surface area contributed by atoms with Crippen molar-refractivity contribution in [3.8, 4) is 5.75 Å².